The molecule has 1 aromatic rings. The molecule has 0 heterocycles. The van der Waals surface area contributed by atoms with Gasteiger partial charge in [-0.2, -0.15) is 0 Å². The number of rotatable bonds is 3. The molecule has 0 aliphatic heterocycles. The molecule has 0 saturated carbocycles. The minimum atomic E-state index is -0.667. The average Bonchev–Trinajstić information content (AvgIpc) is 2.17. The summed E-state index contributed by atoms with van der Waals surface area (Å²) in [5.74, 6) is 0.0417. The molecule has 0 aliphatic carbocycles. The van der Waals surface area contributed by atoms with Crippen molar-refractivity contribution >= 4 is 21.7 Å². The van der Waals surface area contributed by atoms with Crippen LogP contribution >= 0.6 is 15.9 Å². The van der Waals surface area contributed by atoms with E-state index in [2.05, 4.69) is 15.9 Å². The number of ketones is 1. The smallest absolute Gasteiger partial charge is 0.184 e. The van der Waals surface area contributed by atoms with Crippen LogP contribution < -0.4 is 10.5 Å². The Balaban J connectivity index is 3.33. The number of aromatic hydroxyl groups is 1. The van der Waals surface area contributed by atoms with Crippen LogP contribution in [0.2, 0.25) is 0 Å². The van der Waals surface area contributed by atoms with Crippen molar-refractivity contribution in [3.63, 3.8) is 0 Å². The topological polar surface area (TPSA) is 72.5 Å². The van der Waals surface area contributed by atoms with E-state index in [1.807, 2.05) is 0 Å². The van der Waals surface area contributed by atoms with Crippen molar-refractivity contribution in [2.75, 3.05) is 7.11 Å². The Morgan fingerprint density at radius 3 is 2.67 bits per heavy atom. The molecule has 4 nitrogen and oxygen atoms in total. The lowest BCUT2D eigenvalue weighted by Gasteiger charge is -2.11. The maximum Gasteiger partial charge on any atom is 0.184 e. The number of phenols is 1. The first-order valence-corrected chi connectivity index (χ1v) is 5.13. The van der Waals surface area contributed by atoms with E-state index in [4.69, 9.17) is 10.5 Å². The third-order valence-electron chi connectivity index (χ3n) is 1.96. The molecule has 1 atom stereocenters. The Hall–Kier alpha value is -1.07. The highest BCUT2D eigenvalue weighted by molar-refractivity contribution is 9.10. The quantitative estimate of drug-likeness (QED) is 0.823. The van der Waals surface area contributed by atoms with Crippen molar-refractivity contribution in [1.29, 1.82) is 0 Å². The lowest BCUT2D eigenvalue weighted by Crippen LogP contribution is -2.27. The summed E-state index contributed by atoms with van der Waals surface area (Å²) in [5, 5.41) is 9.57. The average molecular weight is 274 g/mol. The number of carbonyl (C=O) groups is 1. The van der Waals surface area contributed by atoms with Crippen LogP contribution in [0.15, 0.2) is 16.6 Å². The fourth-order valence-electron chi connectivity index (χ4n) is 1.17. The predicted octanol–water partition coefficient (Wildman–Crippen LogP) is 1.69. The third-order valence-corrected chi connectivity index (χ3v) is 2.75. The van der Waals surface area contributed by atoms with Crippen LogP contribution in [0.3, 0.4) is 0 Å². The Bertz CT molecular complexity index is 390. The van der Waals surface area contributed by atoms with Crippen LogP contribution in [0, 0.1) is 0 Å². The molecule has 0 fully saturated rings. The summed E-state index contributed by atoms with van der Waals surface area (Å²) in [6, 6.07) is 2.30. The lowest BCUT2D eigenvalue weighted by molar-refractivity contribution is 0.0964. The maximum absolute atomic E-state index is 11.7. The van der Waals surface area contributed by atoms with Crippen molar-refractivity contribution in [3.8, 4) is 11.5 Å². The fourth-order valence-corrected chi connectivity index (χ4v) is 1.86. The molecule has 0 aliphatic rings. The molecule has 1 unspecified atom stereocenters. The molecule has 1 rings (SSSR count). The molecule has 0 bridgehead atoms. The first-order valence-electron chi connectivity index (χ1n) is 4.34. The normalized spacial score (nSPS) is 12.3. The molecule has 0 amide bonds. The van der Waals surface area contributed by atoms with E-state index in [-0.39, 0.29) is 17.1 Å². The molecule has 82 valence electrons. The SMILES string of the molecule is COc1ccc(O)c(C(=O)C(C)N)c1Br. The number of ether oxygens (including phenoxy) is 1. The van der Waals surface area contributed by atoms with Gasteiger partial charge in [0, 0.05) is 0 Å². The van der Waals surface area contributed by atoms with Crippen LogP contribution in [0.25, 0.3) is 0 Å². The number of hydrogen-bond acceptors (Lipinski definition) is 4. The molecule has 0 aromatic heterocycles. The summed E-state index contributed by atoms with van der Waals surface area (Å²) in [5.41, 5.74) is 5.63. The van der Waals surface area contributed by atoms with Crippen molar-refractivity contribution in [1.82, 2.24) is 0 Å². The van der Waals surface area contributed by atoms with E-state index >= 15 is 0 Å². The molecule has 1 aromatic carbocycles. The van der Waals surface area contributed by atoms with Gasteiger partial charge in [-0.05, 0) is 35.0 Å². The van der Waals surface area contributed by atoms with Gasteiger partial charge >= 0.3 is 0 Å². The molecule has 0 spiro atoms. The van der Waals surface area contributed by atoms with Gasteiger partial charge in [0.25, 0.3) is 0 Å². The van der Waals surface area contributed by atoms with Gasteiger partial charge < -0.3 is 15.6 Å². The van der Waals surface area contributed by atoms with Gasteiger partial charge in [-0.15, -0.1) is 0 Å². The zero-order valence-corrected chi connectivity index (χ0v) is 10.0. The van der Waals surface area contributed by atoms with Crippen LogP contribution in [0.5, 0.6) is 11.5 Å². The van der Waals surface area contributed by atoms with Gasteiger partial charge in [0.1, 0.15) is 11.5 Å². The number of carbonyl (C=O) groups excluding carboxylic acids is 1. The van der Waals surface area contributed by atoms with Gasteiger partial charge in [0.2, 0.25) is 0 Å². The van der Waals surface area contributed by atoms with Crippen LogP contribution in [0.4, 0.5) is 0 Å². The summed E-state index contributed by atoms with van der Waals surface area (Å²) in [6.45, 7) is 1.56. The highest BCUT2D eigenvalue weighted by Crippen LogP contribution is 2.34. The van der Waals surface area contributed by atoms with Crippen molar-refractivity contribution < 1.29 is 14.6 Å². The number of Topliss-reactive ketones (excluding diaryl/α,β-unsaturated/α-hetero) is 1. The Labute approximate surface area is 96.2 Å². The second-order valence-electron chi connectivity index (χ2n) is 3.13. The highest BCUT2D eigenvalue weighted by atomic mass is 79.9. The molecular formula is C10H12BrNO3. The molecule has 3 N–H and O–H groups in total. The zero-order chi connectivity index (χ0) is 11.6. The number of nitrogens with two attached hydrogens (primary N) is 1. The van der Waals surface area contributed by atoms with Gasteiger partial charge in [0.15, 0.2) is 5.78 Å². The molecule has 0 radical (unpaired) electrons. The maximum atomic E-state index is 11.7. The van der Waals surface area contributed by atoms with E-state index < -0.39 is 6.04 Å². The number of benzene rings is 1. The minimum absolute atomic E-state index is 0.107. The lowest BCUT2D eigenvalue weighted by atomic mass is 10.0. The molecular weight excluding hydrogens is 262 g/mol. The largest absolute Gasteiger partial charge is 0.507 e. The predicted molar refractivity (Wildman–Crippen MR) is 60.3 cm³/mol. The standard InChI is InChI=1S/C10H12BrNO3/c1-5(12)10(14)8-6(13)3-4-7(15-2)9(8)11/h3-5,13H,12H2,1-2H3. The number of phenolic OH excluding ortho intramolecular Hbond substituents is 1. The number of hydrogen-bond donors (Lipinski definition) is 2. The van der Waals surface area contributed by atoms with E-state index in [0.29, 0.717) is 10.2 Å². The van der Waals surface area contributed by atoms with Gasteiger partial charge in [-0.25, -0.2) is 0 Å². The highest BCUT2D eigenvalue weighted by Gasteiger charge is 2.21. The Kier molecular flexibility index (Phi) is 3.71. The van der Waals surface area contributed by atoms with Gasteiger partial charge in [-0.3, -0.25) is 4.79 Å². The Morgan fingerprint density at radius 2 is 2.20 bits per heavy atom. The monoisotopic (exact) mass is 273 g/mol. The molecule has 15 heavy (non-hydrogen) atoms. The zero-order valence-electron chi connectivity index (χ0n) is 8.45. The molecule has 0 saturated heterocycles. The minimum Gasteiger partial charge on any atom is -0.507 e. The summed E-state index contributed by atoms with van der Waals surface area (Å²) < 4.78 is 5.44. The van der Waals surface area contributed by atoms with Crippen molar-refractivity contribution in [2.24, 2.45) is 5.73 Å². The fraction of sp³-hybridized carbons (Fsp3) is 0.300. The summed E-state index contributed by atoms with van der Waals surface area (Å²) in [4.78, 5) is 11.7. The molecule has 5 heteroatoms. The second kappa shape index (κ2) is 4.63. The first-order chi connectivity index (χ1) is 6.99. The first kappa shape index (κ1) is 12.0. The number of halogens is 1. The third kappa shape index (κ3) is 2.30. The summed E-state index contributed by atoms with van der Waals surface area (Å²) in [7, 11) is 1.48. The van der Waals surface area contributed by atoms with E-state index in [9.17, 15) is 9.90 Å². The van der Waals surface area contributed by atoms with Crippen molar-refractivity contribution in [2.45, 2.75) is 13.0 Å². The van der Waals surface area contributed by atoms with Crippen LogP contribution in [-0.4, -0.2) is 24.0 Å². The Morgan fingerprint density at radius 1 is 1.60 bits per heavy atom. The second-order valence-corrected chi connectivity index (χ2v) is 3.92. The van der Waals surface area contributed by atoms with Crippen LogP contribution in [0.1, 0.15) is 17.3 Å². The van der Waals surface area contributed by atoms with Gasteiger partial charge in [-0.1, -0.05) is 0 Å². The van der Waals surface area contributed by atoms with E-state index in [0.717, 1.165) is 0 Å². The summed E-state index contributed by atoms with van der Waals surface area (Å²) >= 11 is 3.20. The van der Waals surface area contributed by atoms with Gasteiger partial charge in [0.05, 0.1) is 23.2 Å². The number of methoxy groups -OCH3 is 1. The van der Waals surface area contributed by atoms with E-state index in [1.54, 1.807) is 13.0 Å². The van der Waals surface area contributed by atoms with Crippen LogP contribution in [-0.2, 0) is 0 Å². The summed E-state index contributed by atoms with van der Waals surface area (Å²) in [6.07, 6.45) is 0. The van der Waals surface area contributed by atoms with Crippen molar-refractivity contribution in [3.05, 3.63) is 22.2 Å². The van der Waals surface area contributed by atoms with E-state index in [1.165, 1.54) is 13.2 Å².